The van der Waals surface area contributed by atoms with E-state index in [4.69, 9.17) is 21.1 Å². The number of hydrogen-bond acceptors (Lipinski definition) is 5. The number of amides is 1. The number of H-pyrrole nitrogens is 1. The molecule has 3 aromatic carbocycles. The number of halogens is 1. The van der Waals surface area contributed by atoms with Crippen molar-refractivity contribution in [3.8, 4) is 28.5 Å². The van der Waals surface area contributed by atoms with E-state index >= 15 is 0 Å². The first-order valence-electron chi connectivity index (χ1n) is 13.2. The van der Waals surface area contributed by atoms with Crippen molar-refractivity contribution in [2.45, 2.75) is 39.2 Å². The average Bonchev–Trinajstić information content (AvgIpc) is 3.48. The molecule has 0 aliphatic carbocycles. The van der Waals surface area contributed by atoms with Crippen molar-refractivity contribution < 1.29 is 19.4 Å². The van der Waals surface area contributed by atoms with Crippen LogP contribution in [-0.4, -0.2) is 46.4 Å². The van der Waals surface area contributed by atoms with Gasteiger partial charge < -0.3 is 19.5 Å². The molecule has 202 valence electrons. The molecule has 0 fully saturated rings. The van der Waals surface area contributed by atoms with Crippen molar-refractivity contribution >= 4 is 17.5 Å². The number of ether oxygens (including phenoxy) is 2. The second-order valence-corrected chi connectivity index (χ2v) is 10.2. The lowest BCUT2D eigenvalue weighted by molar-refractivity contribution is 0.0745. The third-order valence-electron chi connectivity index (χ3n) is 7.14. The van der Waals surface area contributed by atoms with Crippen LogP contribution in [0.1, 0.15) is 58.5 Å². The molecule has 7 nitrogen and oxygen atoms in total. The Morgan fingerprint density at radius 2 is 1.90 bits per heavy atom. The number of methoxy groups -OCH3 is 1. The summed E-state index contributed by atoms with van der Waals surface area (Å²) in [5.41, 5.74) is 4.88. The van der Waals surface area contributed by atoms with Gasteiger partial charge >= 0.3 is 0 Å². The predicted molar refractivity (Wildman–Crippen MR) is 152 cm³/mol. The maximum Gasteiger partial charge on any atom is 0.273 e. The number of unbranched alkanes of at least 4 members (excludes halogenated alkanes) is 1. The van der Waals surface area contributed by atoms with Crippen LogP contribution in [0.2, 0.25) is 5.02 Å². The van der Waals surface area contributed by atoms with Gasteiger partial charge in [-0.1, -0.05) is 49.2 Å². The van der Waals surface area contributed by atoms with Gasteiger partial charge in [0.15, 0.2) is 0 Å². The van der Waals surface area contributed by atoms with Crippen LogP contribution in [0.5, 0.6) is 17.2 Å². The van der Waals surface area contributed by atoms with E-state index in [1.807, 2.05) is 60.4 Å². The molecule has 1 aromatic heterocycles. The fourth-order valence-corrected chi connectivity index (χ4v) is 5.15. The molecule has 0 saturated heterocycles. The smallest absolute Gasteiger partial charge is 0.273 e. The highest BCUT2D eigenvalue weighted by molar-refractivity contribution is 6.31. The largest absolute Gasteiger partial charge is 0.507 e. The number of nitrogens with one attached hydrogen (secondary N) is 1. The zero-order valence-electron chi connectivity index (χ0n) is 22.3. The zero-order chi connectivity index (χ0) is 27.5. The van der Waals surface area contributed by atoms with E-state index in [9.17, 15) is 9.90 Å². The second-order valence-electron chi connectivity index (χ2n) is 9.75. The van der Waals surface area contributed by atoms with Crippen LogP contribution in [0.15, 0.2) is 60.7 Å². The topological polar surface area (TPSA) is 87.7 Å². The molecule has 1 aliphatic heterocycles. The van der Waals surface area contributed by atoms with Gasteiger partial charge in [-0.25, -0.2) is 0 Å². The highest BCUT2D eigenvalue weighted by atomic mass is 35.5. The highest BCUT2D eigenvalue weighted by Crippen LogP contribution is 2.45. The lowest BCUT2D eigenvalue weighted by atomic mass is 9.95. The van der Waals surface area contributed by atoms with Crippen LogP contribution in [0.25, 0.3) is 11.3 Å². The number of carbonyl (C=O) groups is 1. The van der Waals surface area contributed by atoms with Gasteiger partial charge in [0.25, 0.3) is 5.91 Å². The Hall–Kier alpha value is -3.97. The molecular weight excluding hydrogens is 514 g/mol. The summed E-state index contributed by atoms with van der Waals surface area (Å²) in [6.45, 7) is 5.07. The number of hydrogen-bond donors (Lipinski definition) is 2. The monoisotopic (exact) mass is 545 g/mol. The van der Waals surface area contributed by atoms with Crippen molar-refractivity contribution in [3.05, 3.63) is 93.6 Å². The molecular formula is C31H32ClN3O4. The summed E-state index contributed by atoms with van der Waals surface area (Å²) in [5, 5.41) is 18.8. The number of rotatable bonds is 10. The van der Waals surface area contributed by atoms with Gasteiger partial charge in [0.05, 0.1) is 19.8 Å². The Bertz CT molecular complexity index is 1480. The quantitative estimate of drug-likeness (QED) is 0.216. The number of aromatic nitrogens is 2. The first-order valence-corrected chi connectivity index (χ1v) is 13.5. The minimum Gasteiger partial charge on any atom is -0.507 e. The Morgan fingerprint density at radius 1 is 1.10 bits per heavy atom. The Kier molecular flexibility index (Phi) is 7.79. The number of nitrogens with zero attached hydrogens (tertiary/aromatic N) is 2. The van der Waals surface area contributed by atoms with Crippen molar-refractivity contribution in [3.63, 3.8) is 0 Å². The third-order valence-corrected chi connectivity index (χ3v) is 7.54. The molecule has 2 heterocycles. The maximum atomic E-state index is 13.8. The molecule has 0 spiro atoms. The zero-order valence-corrected chi connectivity index (χ0v) is 23.1. The number of carbonyl (C=O) groups excluding carboxylic acids is 1. The average molecular weight is 546 g/mol. The molecule has 39 heavy (non-hydrogen) atoms. The van der Waals surface area contributed by atoms with Crippen LogP contribution in [0.3, 0.4) is 0 Å². The van der Waals surface area contributed by atoms with E-state index in [-0.39, 0.29) is 11.7 Å². The molecule has 0 bridgehead atoms. The van der Waals surface area contributed by atoms with E-state index < -0.39 is 6.04 Å². The Morgan fingerprint density at radius 3 is 2.64 bits per heavy atom. The first-order chi connectivity index (χ1) is 18.9. The lowest BCUT2D eigenvalue weighted by Crippen LogP contribution is -2.31. The molecule has 2 N–H and O–H groups in total. The number of aromatic hydroxyl groups is 1. The van der Waals surface area contributed by atoms with E-state index in [1.54, 1.807) is 19.2 Å². The standard InChI is InChI=1S/C31H32ClN3O4/c1-4-5-15-39-23-8-6-7-21(17-23)30-27-28(24-18-25(32)19(2)16-26(24)36)33-34-29(27)31(37)35(30)14-13-20-9-11-22(38-3)12-10-20/h6-12,16-18,30,36H,4-5,13-15H2,1-3H3,(H,33,34). The normalized spacial score (nSPS) is 14.5. The van der Waals surface area contributed by atoms with Crippen molar-refractivity contribution in [1.82, 2.24) is 15.1 Å². The Labute approximate surface area is 233 Å². The molecule has 1 atom stereocenters. The first kappa shape index (κ1) is 26.6. The predicted octanol–water partition coefficient (Wildman–Crippen LogP) is 6.72. The summed E-state index contributed by atoms with van der Waals surface area (Å²) in [6.07, 6.45) is 2.66. The van der Waals surface area contributed by atoms with Crippen molar-refractivity contribution in [2.75, 3.05) is 20.3 Å². The van der Waals surface area contributed by atoms with Crippen LogP contribution < -0.4 is 9.47 Å². The molecule has 1 aliphatic rings. The molecule has 1 unspecified atom stereocenters. The van der Waals surface area contributed by atoms with E-state index in [0.29, 0.717) is 41.5 Å². The molecule has 8 heteroatoms. The van der Waals surface area contributed by atoms with Gasteiger partial charge in [0, 0.05) is 22.7 Å². The molecule has 0 saturated carbocycles. The number of benzene rings is 3. The van der Waals surface area contributed by atoms with Crippen LogP contribution in [0, 0.1) is 6.92 Å². The lowest BCUT2D eigenvalue weighted by Gasteiger charge is -2.27. The number of aromatic amines is 1. The molecule has 1 amide bonds. The summed E-state index contributed by atoms with van der Waals surface area (Å²) >= 11 is 6.43. The number of phenolic OH excluding ortho intramolecular Hbond substituents is 1. The minimum atomic E-state index is -0.422. The Balaban J connectivity index is 1.55. The van der Waals surface area contributed by atoms with Gasteiger partial charge in [-0.15, -0.1) is 0 Å². The fraction of sp³-hybridized carbons (Fsp3) is 0.290. The van der Waals surface area contributed by atoms with E-state index in [1.165, 1.54) is 0 Å². The van der Waals surface area contributed by atoms with Gasteiger partial charge in [-0.2, -0.15) is 5.10 Å². The summed E-state index contributed by atoms with van der Waals surface area (Å²) < 4.78 is 11.3. The van der Waals surface area contributed by atoms with Crippen LogP contribution in [-0.2, 0) is 6.42 Å². The SMILES string of the molecule is CCCCOc1cccc(C2c3c(-c4cc(Cl)c(C)cc4O)n[nH]c3C(=O)N2CCc2ccc(OC)cc2)c1. The molecule has 5 rings (SSSR count). The van der Waals surface area contributed by atoms with E-state index in [2.05, 4.69) is 17.1 Å². The highest BCUT2D eigenvalue weighted by Gasteiger charge is 2.42. The number of fused-ring (bicyclic) bond motifs is 1. The maximum absolute atomic E-state index is 13.8. The summed E-state index contributed by atoms with van der Waals surface area (Å²) in [4.78, 5) is 15.6. The van der Waals surface area contributed by atoms with Gasteiger partial charge in [0.1, 0.15) is 28.6 Å². The van der Waals surface area contributed by atoms with Crippen LogP contribution >= 0.6 is 11.6 Å². The summed E-state index contributed by atoms with van der Waals surface area (Å²) in [5.74, 6) is 1.46. The number of aryl methyl sites for hydroxylation is 1. The second kappa shape index (κ2) is 11.4. The minimum absolute atomic E-state index is 0.0609. The summed E-state index contributed by atoms with van der Waals surface area (Å²) in [6, 6.07) is 18.6. The fourth-order valence-electron chi connectivity index (χ4n) is 4.99. The molecule has 4 aromatic rings. The summed E-state index contributed by atoms with van der Waals surface area (Å²) in [7, 11) is 1.64. The third kappa shape index (κ3) is 5.32. The van der Waals surface area contributed by atoms with Gasteiger partial charge in [0.2, 0.25) is 0 Å². The van der Waals surface area contributed by atoms with E-state index in [0.717, 1.165) is 46.6 Å². The van der Waals surface area contributed by atoms with Gasteiger partial charge in [-0.3, -0.25) is 9.89 Å². The molecule has 0 radical (unpaired) electrons. The van der Waals surface area contributed by atoms with Gasteiger partial charge in [-0.05, 0) is 72.9 Å². The number of phenols is 1. The van der Waals surface area contributed by atoms with Crippen molar-refractivity contribution in [1.29, 1.82) is 0 Å². The van der Waals surface area contributed by atoms with Crippen LogP contribution in [0.4, 0.5) is 0 Å². The van der Waals surface area contributed by atoms with Crippen molar-refractivity contribution in [2.24, 2.45) is 0 Å².